The molecule has 0 bridgehead atoms. The number of carbonyl (C=O) groups excluding carboxylic acids is 1. The highest BCUT2D eigenvalue weighted by atomic mass is 35.5. The molecule has 18 heavy (non-hydrogen) atoms. The highest BCUT2D eigenvalue weighted by molar-refractivity contribution is 6.31. The van der Waals surface area contributed by atoms with Crippen LogP contribution >= 0.6 is 11.6 Å². The Morgan fingerprint density at radius 1 is 1.28 bits per heavy atom. The van der Waals surface area contributed by atoms with Crippen molar-refractivity contribution in [1.82, 2.24) is 4.98 Å². The predicted octanol–water partition coefficient (Wildman–Crippen LogP) is 3.17. The van der Waals surface area contributed by atoms with E-state index in [2.05, 4.69) is 4.98 Å². The number of rotatable bonds is 2. The molecule has 0 unspecified atom stereocenters. The van der Waals surface area contributed by atoms with Gasteiger partial charge in [-0.3, -0.25) is 4.79 Å². The fourth-order valence-electron chi connectivity index (χ4n) is 1.94. The first-order chi connectivity index (χ1) is 8.50. The molecule has 92 valence electrons. The van der Waals surface area contributed by atoms with Gasteiger partial charge in [0.05, 0.1) is 10.7 Å². The third-order valence-corrected chi connectivity index (χ3v) is 3.01. The predicted molar refractivity (Wildman–Crippen MR) is 73.0 cm³/mol. The molecule has 1 heterocycles. The van der Waals surface area contributed by atoms with Gasteiger partial charge in [0.15, 0.2) is 0 Å². The first-order valence-electron chi connectivity index (χ1n) is 5.52. The molecule has 2 N–H and O–H groups in total. The van der Waals surface area contributed by atoms with Gasteiger partial charge in [-0.15, -0.1) is 0 Å². The second-order valence-corrected chi connectivity index (χ2v) is 4.62. The third-order valence-electron chi connectivity index (χ3n) is 2.81. The van der Waals surface area contributed by atoms with Crippen molar-refractivity contribution in [2.45, 2.75) is 13.8 Å². The molecule has 4 heteroatoms. The summed E-state index contributed by atoms with van der Waals surface area (Å²) in [5.74, 6) is -0.167. The van der Waals surface area contributed by atoms with E-state index in [9.17, 15) is 4.79 Å². The van der Waals surface area contributed by atoms with Crippen LogP contribution in [0.2, 0.25) is 5.02 Å². The molecule has 0 atom stereocenters. The van der Waals surface area contributed by atoms with E-state index in [-0.39, 0.29) is 11.5 Å². The second kappa shape index (κ2) is 4.78. The van der Waals surface area contributed by atoms with E-state index >= 15 is 0 Å². The highest BCUT2D eigenvalue weighted by Crippen LogP contribution is 2.22. The van der Waals surface area contributed by atoms with Crippen LogP contribution in [-0.2, 0) is 0 Å². The summed E-state index contributed by atoms with van der Waals surface area (Å²) in [5.41, 5.74) is 8.82. The normalized spacial score (nSPS) is 10.4. The van der Waals surface area contributed by atoms with Crippen molar-refractivity contribution in [3.8, 4) is 0 Å². The Hall–Kier alpha value is -1.87. The monoisotopic (exact) mass is 260 g/mol. The molecule has 2 rings (SSSR count). The maximum absolute atomic E-state index is 12.4. The van der Waals surface area contributed by atoms with E-state index in [1.165, 1.54) is 12.3 Å². The van der Waals surface area contributed by atoms with E-state index in [1.807, 2.05) is 32.0 Å². The van der Waals surface area contributed by atoms with E-state index in [0.717, 1.165) is 11.1 Å². The molecule has 2 aromatic rings. The van der Waals surface area contributed by atoms with Crippen LogP contribution in [0.1, 0.15) is 27.2 Å². The number of nitrogens with zero attached hydrogens (tertiary/aromatic N) is 1. The summed E-state index contributed by atoms with van der Waals surface area (Å²) in [5, 5.41) is 0.422. The molecule has 0 spiro atoms. The number of hydrogen-bond acceptors (Lipinski definition) is 3. The number of aryl methyl sites for hydroxylation is 2. The van der Waals surface area contributed by atoms with E-state index < -0.39 is 0 Å². The summed E-state index contributed by atoms with van der Waals surface area (Å²) in [6.45, 7) is 3.79. The molecule has 0 aliphatic rings. The second-order valence-electron chi connectivity index (χ2n) is 4.19. The van der Waals surface area contributed by atoms with Crippen LogP contribution in [0.4, 0.5) is 5.69 Å². The number of aromatic nitrogens is 1. The van der Waals surface area contributed by atoms with Crippen LogP contribution in [-0.4, -0.2) is 10.8 Å². The van der Waals surface area contributed by atoms with Gasteiger partial charge in [-0.25, -0.2) is 4.98 Å². The quantitative estimate of drug-likeness (QED) is 0.844. The molecule has 0 aliphatic carbocycles. The number of nitrogen functional groups attached to an aromatic ring is 1. The standard InChI is InChI=1S/C14H13ClN2O/c1-8-4-3-5-9(2)12(8)14(18)13-11(16)6-10(15)7-17-13/h3-7H,16H2,1-2H3. The molecule has 0 fully saturated rings. The molecule has 1 aromatic carbocycles. The van der Waals surface area contributed by atoms with E-state index in [0.29, 0.717) is 16.3 Å². The first kappa shape index (κ1) is 12.6. The summed E-state index contributed by atoms with van der Waals surface area (Å²) in [4.78, 5) is 16.5. The lowest BCUT2D eigenvalue weighted by molar-refractivity contribution is 0.103. The minimum Gasteiger partial charge on any atom is -0.397 e. The molecule has 0 radical (unpaired) electrons. The molecular formula is C14H13ClN2O. The number of benzene rings is 1. The summed E-state index contributed by atoms with van der Waals surface area (Å²) in [6, 6.07) is 7.24. The van der Waals surface area contributed by atoms with Crippen LogP contribution in [0.25, 0.3) is 0 Å². The van der Waals surface area contributed by atoms with Crippen molar-refractivity contribution in [1.29, 1.82) is 0 Å². The first-order valence-corrected chi connectivity index (χ1v) is 5.90. The largest absolute Gasteiger partial charge is 0.397 e. The fourth-order valence-corrected chi connectivity index (χ4v) is 2.10. The highest BCUT2D eigenvalue weighted by Gasteiger charge is 2.18. The molecule has 3 nitrogen and oxygen atoms in total. The number of anilines is 1. The smallest absolute Gasteiger partial charge is 0.213 e. The van der Waals surface area contributed by atoms with Crippen LogP contribution < -0.4 is 5.73 Å². The topological polar surface area (TPSA) is 56.0 Å². The van der Waals surface area contributed by atoms with Gasteiger partial charge in [0.1, 0.15) is 5.69 Å². The molecule has 0 saturated carbocycles. The van der Waals surface area contributed by atoms with E-state index in [4.69, 9.17) is 17.3 Å². The molecule has 0 amide bonds. The van der Waals surface area contributed by atoms with Crippen LogP contribution in [0.3, 0.4) is 0 Å². The number of ketones is 1. The molecule has 0 saturated heterocycles. The Bertz CT molecular complexity index is 603. The lowest BCUT2D eigenvalue weighted by atomic mass is 9.97. The minimum atomic E-state index is -0.167. The van der Waals surface area contributed by atoms with Gasteiger partial charge in [-0.05, 0) is 31.0 Å². The van der Waals surface area contributed by atoms with Crippen molar-refractivity contribution in [3.63, 3.8) is 0 Å². The van der Waals surface area contributed by atoms with Gasteiger partial charge in [0.2, 0.25) is 5.78 Å². The number of halogens is 1. The zero-order valence-corrected chi connectivity index (χ0v) is 11.0. The maximum atomic E-state index is 12.4. The average Bonchev–Trinajstić information content (AvgIpc) is 2.28. The van der Waals surface area contributed by atoms with Gasteiger partial charge < -0.3 is 5.73 Å². The Morgan fingerprint density at radius 3 is 2.44 bits per heavy atom. The van der Waals surface area contributed by atoms with Gasteiger partial charge in [0.25, 0.3) is 0 Å². The minimum absolute atomic E-state index is 0.167. The Morgan fingerprint density at radius 2 is 1.89 bits per heavy atom. The van der Waals surface area contributed by atoms with Crippen LogP contribution in [0.15, 0.2) is 30.5 Å². The number of carbonyl (C=O) groups is 1. The van der Waals surface area contributed by atoms with Gasteiger partial charge in [-0.1, -0.05) is 29.8 Å². The van der Waals surface area contributed by atoms with Crippen molar-refractivity contribution < 1.29 is 4.79 Å². The van der Waals surface area contributed by atoms with Crippen LogP contribution in [0.5, 0.6) is 0 Å². The van der Waals surface area contributed by atoms with Crippen LogP contribution in [0, 0.1) is 13.8 Å². The molecular weight excluding hydrogens is 248 g/mol. The Balaban J connectivity index is 2.55. The summed E-state index contributed by atoms with van der Waals surface area (Å²) in [6.07, 6.45) is 1.43. The zero-order chi connectivity index (χ0) is 13.3. The van der Waals surface area contributed by atoms with Gasteiger partial charge >= 0.3 is 0 Å². The van der Waals surface area contributed by atoms with Crippen molar-refractivity contribution in [3.05, 3.63) is 57.9 Å². The van der Waals surface area contributed by atoms with Crippen molar-refractivity contribution >= 4 is 23.1 Å². The third kappa shape index (κ3) is 2.22. The number of nitrogens with two attached hydrogens (primary N) is 1. The van der Waals surface area contributed by atoms with Gasteiger partial charge in [0, 0.05) is 11.8 Å². The molecule has 1 aromatic heterocycles. The fraction of sp³-hybridized carbons (Fsp3) is 0.143. The van der Waals surface area contributed by atoms with Crippen molar-refractivity contribution in [2.75, 3.05) is 5.73 Å². The Kier molecular flexibility index (Phi) is 3.34. The van der Waals surface area contributed by atoms with Gasteiger partial charge in [-0.2, -0.15) is 0 Å². The zero-order valence-electron chi connectivity index (χ0n) is 10.2. The lowest BCUT2D eigenvalue weighted by Crippen LogP contribution is -2.11. The van der Waals surface area contributed by atoms with E-state index in [1.54, 1.807) is 0 Å². The maximum Gasteiger partial charge on any atom is 0.213 e. The lowest BCUT2D eigenvalue weighted by Gasteiger charge is -2.09. The SMILES string of the molecule is Cc1cccc(C)c1C(=O)c1ncc(Cl)cc1N. The Labute approximate surface area is 111 Å². The number of hydrogen-bond donors (Lipinski definition) is 1. The summed E-state index contributed by atoms with van der Waals surface area (Å²) < 4.78 is 0. The summed E-state index contributed by atoms with van der Waals surface area (Å²) in [7, 11) is 0. The van der Waals surface area contributed by atoms with Crippen molar-refractivity contribution in [2.24, 2.45) is 0 Å². The molecule has 0 aliphatic heterocycles. The number of pyridine rings is 1. The summed E-state index contributed by atoms with van der Waals surface area (Å²) >= 11 is 5.78. The average molecular weight is 261 g/mol.